The lowest BCUT2D eigenvalue weighted by Gasteiger charge is -2.22. The Kier molecular flexibility index (Phi) is 5.18. The third-order valence-electron chi connectivity index (χ3n) is 4.06. The molecule has 1 aromatic carbocycles. The summed E-state index contributed by atoms with van der Waals surface area (Å²) in [7, 11) is -3.50. The molecule has 0 spiro atoms. The van der Waals surface area contributed by atoms with E-state index in [1.54, 1.807) is 18.2 Å². The van der Waals surface area contributed by atoms with E-state index in [0.717, 1.165) is 19.3 Å². The molecule has 4 nitrogen and oxygen atoms in total. The smallest absolute Gasteiger partial charge is 0.240 e. The molecule has 0 heterocycles. The summed E-state index contributed by atoms with van der Waals surface area (Å²) >= 11 is 0. The van der Waals surface area contributed by atoms with Crippen LogP contribution in [0.3, 0.4) is 0 Å². The Labute approximate surface area is 121 Å². The second-order valence-corrected chi connectivity index (χ2v) is 7.36. The Morgan fingerprint density at radius 3 is 2.75 bits per heavy atom. The van der Waals surface area contributed by atoms with Gasteiger partial charge in [-0.1, -0.05) is 38.3 Å². The second-order valence-electron chi connectivity index (χ2n) is 5.65. The van der Waals surface area contributed by atoms with E-state index in [-0.39, 0.29) is 17.5 Å². The van der Waals surface area contributed by atoms with E-state index in [2.05, 4.69) is 11.6 Å². The van der Waals surface area contributed by atoms with E-state index in [0.29, 0.717) is 11.5 Å². The van der Waals surface area contributed by atoms with Gasteiger partial charge in [0.15, 0.2) is 0 Å². The summed E-state index contributed by atoms with van der Waals surface area (Å²) in [6, 6.07) is 6.50. The normalized spacial score (nSPS) is 24.3. The molecule has 0 aromatic heterocycles. The maximum absolute atomic E-state index is 12.4. The first-order chi connectivity index (χ1) is 9.53. The predicted molar refractivity (Wildman–Crippen MR) is 78.7 cm³/mol. The Balaban J connectivity index is 2.17. The molecule has 0 aliphatic heterocycles. The van der Waals surface area contributed by atoms with Crippen LogP contribution in [-0.2, 0) is 16.6 Å². The van der Waals surface area contributed by atoms with E-state index >= 15 is 0 Å². The van der Waals surface area contributed by atoms with Crippen molar-refractivity contribution in [2.75, 3.05) is 0 Å². The number of aliphatic hydroxyl groups excluding tert-OH is 1. The Morgan fingerprint density at radius 2 is 2.00 bits per heavy atom. The zero-order valence-electron chi connectivity index (χ0n) is 11.9. The molecule has 1 aromatic rings. The fraction of sp³-hybridized carbons (Fsp3) is 0.600. The van der Waals surface area contributed by atoms with Crippen LogP contribution in [0.25, 0.3) is 0 Å². The van der Waals surface area contributed by atoms with Crippen molar-refractivity contribution >= 4 is 10.0 Å². The number of rotatable bonds is 4. The van der Waals surface area contributed by atoms with Crippen LogP contribution in [0, 0.1) is 5.92 Å². The van der Waals surface area contributed by atoms with Crippen molar-refractivity contribution in [1.82, 2.24) is 4.72 Å². The van der Waals surface area contributed by atoms with Crippen LogP contribution < -0.4 is 4.72 Å². The van der Waals surface area contributed by atoms with E-state index in [1.807, 2.05) is 0 Å². The van der Waals surface area contributed by atoms with Crippen molar-refractivity contribution in [3.05, 3.63) is 29.8 Å². The van der Waals surface area contributed by atoms with Crippen molar-refractivity contribution in [1.29, 1.82) is 0 Å². The van der Waals surface area contributed by atoms with Crippen LogP contribution >= 0.6 is 0 Å². The molecule has 1 saturated carbocycles. The van der Waals surface area contributed by atoms with Gasteiger partial charge >= 0.3 is 0 Å². The molecular formula is C15H23NO3S. The number of benzene rings is 1. The van der Waals surface area contributed by atoms with Crippen molar-refractivity contribution in [3.8, 4) is 0 Å². The van der Waals surface area contributed by atoms with Gasteiger partial charge in [0.1, 0.15) is 0 Å². The highest BCUT2D eigenvalue weighted by molar-refractivity contribution is 7.89. The molecule has 0 saturated heterocycles. The summed E-state index contributed by atoms with van der Waals surface area (Å²) in [5.74, 6) is 0.369. The van der Waals surface area contributed by atoms with Crippen LogP contribution in [0.15, 0.2) is 29.2 Å². The molecule has 2 unspecified atom stereocenters. The standard InChI is InChI=1S/C15H23NO3S/c1-12-6-3-2-4-9-15(12)16-20(18,19)14-8-5-7-13(10-14)11-17/h5,7-8,10,12,15-17H,2-4,6,9,11H2,1H3. The fourth-order valence-electron chi connectivity index (χ4n) is 2.75. The number of aliphatic hydroxyl groups is 1. The molecule has 0 radical (unpaired) electrons. The minimum Gasteiger partial charge on any atom is -0.392 e. The molecule has 1 aliphatic rings. The Hall–Kier alpha value is -0.910. The molecule has 1 fully saturated rings. The lowest BCUT2D eigenvalue weighted by atomic mass is 9.98. The molecule has 0 amide bonds. The third kappa shape index (κ3) is 3.81. The van der Waals surface area contributed by atoms with Gasteiger partial charge in [-0.05, 0) is 36.5 Å². The van der Waals surface area contributed by atoms with Crippen LogP contribution in [0.4, 0.5) is 0 Å². The summed E-state index contributed by atoms with van der Waals surface area (Å²) in [5, 5.41) is 9.11. The average Bonchev–Trinajstić information content (AvgIpc) is 2.64. The van der Waals surface area contributed by atoms with E-state index in [9.17, 15) is 8.42 Å². The topological polar surface area (TPSA) is 66.4 Å². The second kappa shape index (κ2) is 6.70. The van der Waals surface area contributed by atoms with Crippen molar-refractivity contribution in [2.45, 2.75) is 56.6 Å². The third-order valence-corrected chi connectivity index (χ3v) is 5.55. The van der Waals surface area contributed by atoms with Crippen LogP contribution in [0.5, 0.6) is 0 Å². The summed E-state index contributed by atoms with van der Waals surface area (Å²) in [5.41, 5.74) is 0.613. The highest BCUT2D eigenvalue weighted by Crippen LogP contribution is 2.24. The van der Waals surface area contributed by atoms with Crippen molar-refractivity contribution < 1.29 is 13.5 Å². The summed E-state index contributed by atoms with van der Waals surface area (Å²) in [4.78, 5) is 0.237. The lowest BCUT2D eigenvalue weighted by Crippen LogP contribution is -2.38. The van der Waals surface area contributed by atoms with Gasteiger partial charge in [-0.3, -0.25) is 0 Å². The van der Waals surface area contributed by atoms with Crippen LogP contribution in [0.1, 0.15) is 44.6 Å². The molecular weight excluding hydrogens is 274 g/mol. The largest absolute Gasteiger partial charge is 0.392 e. The van der Waals surface area contributed by atoms with Gasteiger partial charge in [-0.2, -0.15) is 0 Å². The summed E-state index contributed by atoms with van der Waals surface area (Å²) in [6.45, 7) is 1.96. The highest BCUT2D eigenvalue weighted by Gasteiger charge is 2.25. The quantitative estimate of drug-likeness (QED) is 0.839. The highest BCUT2D eigenvalue weighted by atomic mass is 32.2. The van der Waals surface area contributed by atoms with Gasteiger partial charge < -0.3 is 5.11 Å². The maximum atomic E-state index is 12.4. The molecule has 0 bridgehead atoms. The van der Waals surface area contributed by atoms with E-state index < -0.39 is 10.0 Å². The molecule has 2 rings (SSSR count). The van der Waals surface area contributed by atoms with E-state index in [1.165, 1.54) is 18.9 Å². The first-order valence-electron chi connectivity index (χ1n) is 7.25. The molecule has 112 valence electrons. The minimum atomic E-state index is -3.50. The van der Waals surface area contributed by atoms with Crippen LogP contribution in [0.2, 0.25) is 0 Å². The number of nitrogens with one attached hydrogen (secondary N) is 1. The van der Waals surface area contributed by atoms with Crippen LogP contribution in [-0.4, -0.2) is 19.6 Å². The SMILES string of the molecule is CC1CCCCCC1NS(=O)(=O)c1cccc(CO)c1. The Bertz CT molecular complexity index is 542. The fourth-order valence-corrected chi connectivity index (χ4v) is 4.20. The van der Waals surface area contributed by atoms with Gasteiger partial charge in [-0.25, -0.2) is 13.1 Å². The first kappa shape index (κ1) is 15.5. The molecule has 1 aliphatic carbocycles. The first-order valence-corrected chi connectivity index (χ1v) is 8.73. The van der Waals surface area contributed by atoms with Gasteiger partial charge in [-0.15, -0.1) is 0 Å². The van der Waals surface area contributed by atoms with Gasteiger partial charge in [0.25, 0.3) is 0 Å². The van der Waals surface area contributed by atoms with Crippen molar-refractivity contribution in [3.63, 3.8) is 0 Å². The number of hydrogen-bond acceptors (Lipinski definition) is 3. The maximum Gasteiger partial charge on any atom is 0.240 e. The summed E-state index contributed by atoms with van der Waals surface area (Å²) < 4.78 is 27.7. The molecule has 5 heteroatoms. The molecule has 2 N–H and O–H groups in total. The monoisotopic (exact) mass is 297 g/mol. The van der Waals surface area contributed by atoms with E-state index in [4.69, 9.17) is 5.11 Å². The summed E-state index contributed by atoms with van der Waals surface area (Å²) in [6.07, 6.45) is 5.42. The Morgan fingerprint density at radius 1 is 1.25 bits per heavy atom. The van der Waals surface area contributed by atoms with Gasteiger partial charge in [0, 0.05) is 6.04 Å². The number of hydrogen-bond donors (Lipinski definition) is 2. The zero-order valence-corrected chi connectivity index (χ0v) is 12.7. The average molecular weight is 297 g/mol. The van der Waals surface area contributed by atoms with Gasteiger partial charge in [0.2, 0.25) is 10.0 Å². The van der Waals surface area contributed by atoms with Gasteiger partial charge in [0.05, 0.1) is 11.5 Å². The molecule has 20 heavy (non-hydrogen) atoms. The molecule has 2 atom stereocenters. The van der Waals surface area contributed by atoms with Crippen molar-refractivity contribution in [2.24, 2.45) is 5.92 Å². The predicted octanol–water partition coefficient (Wildman–Crippen LogP) is 2.43. The minimum absolute atomic E-state index is 0.0142. The number of sulfonamides is 1. The zero-order chi connectivity index (χ0) is 14.6. The lowest BCUT2D eigenvalue weighted by molar-refractivity contribution is 0.281.